The van der Waals surface area contributed by atoms with Gasteiger partial charge in [0, 0.05) is 10.5 Å². The summed E-state index contributed by atoms with van der Waals surface area (Å²) in [5.41, 5.74) is 0.867. The summed E-state index contributed by atoms with van der Waals surface area (Å²) in [6.07, 6.45) is 0. The summed E-state index contributed by atoms with van der Waals surface area (Å²) < 4.78 is 40.7. The first-order valence-corrected chi connectivity index (χ1v) is 11.0. The van der Waals surface area contributed by atoms with Crippen molar-refractivity contribution in [1.29, 1.82) is 0 Å². The Hall–Kier alpha value is -1.93. The molecule has 0 amide bonds. The van der Waals surface area contributed by atoms with Gasteiger partial charge in [-0.3, -0.25) is 0 Å². The zero-order valence-electron chi connectivity index (χ0n) is 15.0. The van der Waals surface area contributed by atoms with Crippen LogP contribution in [0.3, 0.4) is 0 Å². The zero-order chi connectivity index (χ0) is 21.0. The Bertz CT molecular complexity index is 1070. The van der Waals surface area contributed by atoms with E-state index in [-0.39, 0.29) is 38.8 Å². The summed E-state index contributed by atoms with van der Waals surface area (Å²) in [4.78, 5) is -0.00429. The maximum atomic E-state index is 11.7. The molecular weight excluding hydrogens is 503 g/mol. The minimum absolute atomic E-state index is 0.00429. The van der Waals surface area contributed by atoms with Gasteiger partial charge >= 0.3 is 0 Å². The molecule has 0 aromatic heterocycles. The smallest absolute Gasteiger partial charge is 0.172 e. The van der Waals surface area contributed by atoms with Gasteiger partial charge in [-0.15, -0.1) is 0 Å². The summed E-state index contributed by atoms with van der Waals surface area (Å²) in [5.74, 6) is 1.44. The van der Waals surface area contributed by atoms with Gasteiger partial charge in [-0.2, -0.15) is 0 Å². The Morgan fingerprint density at radius 3 is 2.14 bits per heavy atom. The summed E-state index contributed by atoms with van der Waals surface area (Å²) in [7, 11) is -1.33. The predicted molar refractivity (Wildman–Crippen MR) is 117 cm³/mol. The highest BCUT2D eigenvalue weighted by Crippen LogP contribution is 2.39. The lowest BCUT2D eigenvalue weighted by Crippen LogP contribution is -1.99. The third-order valence-electron chi connectivity index (χ3n) is 3.86. The van der Waals surface area contributed by atoms with Crippen molar-refractivity contribution in [2.45, 2.75) is 11.5 Å². The average Bonchev–Trinajstić information content (AvgIpc) is 2.69. The maximum Gasteiger partial charge on any atom is 0.172 e. The molecule has 0 spiro atoms. The van der Waals surface area contributed by atoms with Crippen molar-refractivity contribution in [1.82, 2.24) is 0 Å². The van der Waals surface area contributed by atoms with Crippen LogP contribution in [-0.4, -0.2) is 15.5 Å². The van der Waals surface area contributed by atoms with Crippen LogP contribution in [0.1, 0.15) is 5.56 Å². The lowest BCUT2D eigenvalue weighted by atomic mass is 10.2. The highest BCUT2D eigenvalue weighted by atomic mass is 79.9. The normalized spacial score (nSPS) is 10.8. The van der Waals surface area contributed by atoms with Crippen LogP contribution < -0.4 is 14.2 Å². The van der Waals surface area contributed by atoms with Crippen LogP contribution in [0.4, 0.5) is 0 Å². The summed E-state index contributed by atoms with van der Waals surface area (Å²) in [6, 6.07) is 15.0. The van der Waals surface area contributed by atoms with Gasteiger partial charge in [0.15, 0.2) is 16.5 Å². The second kappa shape index (κ2) is 9.71. The first kappa shape index (κ1) is 21.8. The molecule has 0 saturated carbocycles. The number of thiol groups is 1. The molecule has 29 heavy (non-hydrogen) atoms. The molecule has 0 saturated heterocycles. The molecule has 0 N–H and O–H groups in total. The van der Waals surface area contributed by atoms with E-state index in [1.54, 1.807) is 37.4 Å². The summed E-state index contributed by atoms with van der Waals surface area (Å²) in [6.45, 7) is 0.199. The molecule has 3 rings (SSSR count). The minimum Gasteiger partial charge on any atom is -0.497 e. The predicted octanol–water partition coefficient (Wildman–Crippen LogP) is 6.11. The van der Waals surface area contributed by atoms with Crippen LogP contribution in [0.15, 0.2) is 64.0 Å². The van der Waals surface area contributed by atoms with E-state index in [9.17, 15) is 8.42 Å². The van der Waals surface area contributed by atoms with E-state index in [0.29, 0.717) is 4.47 Å². The molecule has 0 atom stereocenters. The van der Waals surface area contributed by atoms with Crippen LogP contribution in [0.2, 0.25) is 10.0 Å². The highest BCUT2D eigenvalue weighted by Gasteiger charge is 2.14. The number of methoxy groups -OCH3 is 1. The van der Waals surface area contributed by atoms with Crippen LogP contribution >= 0.6 is 39.1 Å². The van der Waals surface area contributed by atoms with Gasteiger partial charge in [0.2, 0.25) is 0 Å². The molecule has 0 heterocycles. The number of rotatable bonds is 7. The number of hydrogen-bond donors (Lipinski definition) is 1. The van der Waals surface area contributed by atoms with Crippen LogP contribution in [0.25, 0.3) is 0 Å². The average molecular weight is 518 g/mol. The van der Waals surface area contributed by atoms with Gasteiger partial charge < -0.3 is 14.2 Å². The van der Waals surface area contributed by atoms with Crippen molar-refractivity contribution in [2.24, 2.45) is 0 Å². The van der Waals surface area contributed by atoms with E-state index in [1.807, 2.05) is 12.1 Å². The molecule has 9 heteroatoms. The van der Waals surface area contributed by atoms with E-state index in [4.69, 9.17) is 37.4 Å². The second-order valence-corrected chi connectivity index (χ2v) is 8.55. The monoisotopic (exact) mass is 516 g/mol. The number of ether oxygens (including phenoxy) is 3. The molecule has 3 aromatic carbocycles. The number of hydrogen-bond acceptors (Lipinski definition) is 5. The van der Waals surface area contributed by atoms with E-state index in [2.05, 4.69) is 15.9 Å². The van der Waals surface area contributed by atoms with Crippen molar-refractivity contribution in [3.8, 4) is 23.0 Å². The first-order chi connectivity index (χ1) is 13.9. The Morgan fingerprint density at radius 2 is 1.55 bits per heavy atom. The highest BCUT2D eigenvalue weighted by molar-refractivity contribution is 9.10. The fourth-order valence-electron chi connectivity index (χ4n) is 2.45. The lowest BCUT2D eigenvalue weighted by molar-refractivity contribution is 0.297. The van der Waals surface area contributed by atoms with Crippen LogP contribution in [0, 0.1) is 0 Å². The van der Waals surface area contributed by atoms with E-state index < -0.39 is 10.7 Å². The van der Waals surface area contributed by atoms with Crippen molar-refractivity contribution in [2.75, 3.05) is 7.11 Å². The molecule has 0 aliphatic rings. The number of halogens is 3. The third-order valence-corrected chi connectivity index (χ3v) is 5.63. The third kappa shape index (κ3) is 5.57. The quantitative estimate of drug-likeness (QED) is 0.383. The number of benzene rings is 3. The summed E-state index contributed by atoms with van der Waals surface area (Å²) in [5, 5.41) is 0.578. The Morgan fingerprint density at radius 1 is 0.931 bits per heavy atom. The minimum atomic E-state index is -2.91. The molecule has 0 aliphatic heterocycles. The molecule has 0 aliphatic carbocycles. The lowest BCUT2D eigenvalue weighted by Gasteiger charge is -2.13. The Labute approximate surface area is 188 Å². The molecule has 0 fully saturated rings. The Kier molecular flexibility index (Phi) is 7.29. The molecule has 0 radical (unpaired) electrons. The standard InChI is InChI=1S/C20H15BrCl2O5S/c1-26-14-4-2-12(3-5-14)11-27-18-7-6-15(10-19(18)29(24)25)28-20-16(22)8-13(21)9-17(20)23/h2-10,29H,11H2,1H3. The van der Waals surface area contributed by atoms with Crippen molar-refractivity contribution in [3.05, 3.63) is 74.7 Å². The largest absolute Gasteiger partial charge is 0.497 e. The second-order valence-electron chi connectivity index (χ2n) is 5.82. The van der Waals surface area contributed by atoms with Crippen molar-refractivity contribution in [3.63, 3.8) is 0 Å². The molecule has 152 valence electrons. The van der Waals surface area contributed by atoms with Crippen molar-refractivity contribution >= 4 is 49.8 Å². The molecule has 0 unspecified atom stereocenters. The fourth-order valence-corrected chi connectivity index (χ4v) is 4.29. The van der Waals surface area contributed by atoms with Crippen LogP contribution in [0.5, 0.6) is 23.0 Å². The van der Waals surface area contributed by atoms with Gasteiger partial charge in [0.05, 0.1) is 17.2 Å². The fraction of sp³-hybridized carbons (Fsp3) is 0.100. The van der Waals surface area contributed by atoms with E-state index in [1.165, 1.54) is 12.1 Å². The van der Waals surface area contributed by atoms with Gasteiger partial charge in [0.25, 0.3) is 0 Å². The molecular formula is C20H15BrCl2O5S. The van der Waals surface area contributed by atoms with E-state index >= 15 is 0 Å². The van der Waals surface area contributed by atoms with Gasteiger partial charge in [-0.05, 0) is 42.0 Å². The van der Waals surface area contributed by atoms with Crippen molar-refractivity contribution < 1.29 is 22.6 Å². The van der Waals surface area contributed by atoms with Gasteiger partial charge in [0.1, 0.15) is 28.8 Å². The molecule has 3 aromatic rings. The van der Waals surface area contributed by atoms with Gasteiger partial charge in [-0.25, -0.2) is 8.42 Å². The maximum absolute atomic E-state index is 11.7. The van der Waals surface area contributed by atoms with E-state index in [0.717, 1.165) is 11.3 Å². The van der Waals surface area contributed by atoms with Crippen LogP contribution in [-0.2, 0) is 17.3 Å². The SMILES string of the molecule is COc1ccc(COc2ccc(Oc3c(Cl)cc(Br)cc3Cl)cc2[SH](=O)=O)cc1. The van der Waals surface area contributed by atoms with Gasteiger partial charge in [-0.1, -0.05) is 51.3 Å². The molecule has 5 nitrogen and oxygen atoms in total. The topological polar surface area (TPSA) is 61.8 Å². The zero-order valence-corrected chi connectivity index (χ0v) is 19.0. The summed E-state index contributed by atoms with van der Waals surface area (Å²) >= 11 is 15.6. The Balaban J connectivity index is 1.81. The first-order valence-electron chi connectivity index (χ1n) is 8.24. The molecule has 0 bridgehead atoms.